The predicted molar refractivity (Wildman–Crippen MR) is 182 cm³/mol. The van der Waals surface area contributed by atoms with Crippen LogP contribution in [0.15, 0.2) is 150 Å². The Morgan fingerprint density at radius 1 is 0.535 bits per heavy atom. The van der Waals surface area contributed by atoms with Gasteiger partial charge in [0.2, 0.25) is 0 Å². The number of fused-ring (bicyclic) bond motifs is 7. The summed E-state index contributed by atoms with van der Waals surface area (Å²) in [4.78, 5) is 7.27. The molecule has 9 rings (SSSR count). The quantitative estimate of drug-likeness (QED) is 0.211. The highest BCUT2D eigenvalue weighted by atomic mass is 32.1. The average Bonchev–Trinajstić information content (AvgIpc) is 3.62. The number of thiophene rings is 1. The lowest BCUT2D eigenvalue weighted by Crippen LogP contribution is -2.10. The van der Waals surface area contributed by atoms with Crippen molar-refractivity contribution in [1.29, 1.82) is 0 Å². The molecule has 0 aliphatic rings. The van der Waals surface area contributed by atoms with E-state index in [2.05, 4.69) is 132 Å². The predicted octanol–water partition coefficient (Wildman–Crippen LogP) is 11.6. The summed E-state index contributed by atoms with van der Waals surface area (Å²) in [7, 11) is 0. The normalized spacial score (nSPS) is 11.7. The summed E-state index contributed by atoms with van der Waals surface area (Å²) in [6.45, 7) is 0. The number of hydrogen-bond acceptors (Lipinski definition) is 4. The van der Waals surface area contributed by atoms with Gasteiger partial charge in [0, 0.05) is 38.4 Å². The first kappa shape index (κ1) is 24.2. The van der Waals surface area contributed by atoms with E-state index in [9.17, 15) is 0 Å². The van der Waals surface area contributed by atoms with Crippen molar-refractivity contribution in [2.24, 2.45) is 0 Å². The van der Waals surface area contributed by atoms with E-state index in [0.29, 0.717) is 0 Å². The molecule has 0 unspecified atom stereocenters. The molecule has 0 aliphatic heterocycles. The largest absolute Gasteiger partial charge is 0.456 e. The fourth-order valence-corrected chi connectivity index (χ4v) is 7.41. The van der Waals surface area contributed by atoms with Crippen LogP contribution in [0.1, 0.15) is 0 Å². The first-order chi connectivity index (χ1) is 21.3. The number of hydrogen-bond donors (Lipinski definition) is 0. The lowest BCUT2D eigenvalue weighted by molar-refractivity contribution is 0.669. The lowest BCUT2D eigenvalue weighted by Gasteiger charge is -2.26. The van der Waals surface area contributed by atoms with Crippen molar-refractivity contribution in [3.05, 3.63) is 146 Å². The number of furan rings is 1. The summed E-state index contributed by atoms with van der Waals surface area (Å²) < 4.78 is 8.59. The van der Waals surface area contributed by atoms with Gasteiger partial charge in [-0.15, -0.1) is 11.3 Å². The van der Waals surface area contributed by atoms with E-state index in [1.54, 1.807) is 11.3 Å². The molecule has 9 aromatic rings. The van der Waals surface area contributed by atoms with Gasteiger partial charge in [-0.3, -0.25) is 4.98 Å². The van der Waals surface area contributed by atoms with Gasteiger partial charge in [-0.05, 0) is 76.5 Å². The number of anilines is 3. The van der Waals surface area contributed by atoms with Gasteiger partial charge < -0.3 is 9.32 Å². The Morgan fingerprint density at radius 2 is 1.23 bits per heavy atom. The minimum absolute atomic E-state index is 0.887. The Hall–Kier alpha value is -5.45. The van der Waals surface area contributed by atoms with Crippen LogP contribution in [-0.2, 0) is 0 Å². The van der Waals surface area contributed by atoms with Crippen molar-refractivity contribution in [3.8, 4) is 11.1 Å². The molecule has 0 spiro atoms. The zero-order valence-electron chi connectivity index (χ0n) is 23.1. The lowest BCUT2D eigenvalue weighted by atomic mass is 10.0. The van der Waals surface area contributed by atoms with Gasteiger partial charge in [0.25, 0.3) is 0 Å². The molecule has 6 aromatic carbocycles. The van der Waals surface area contributed by atoms with Crippen molar-refractivity contribution in [3.63, 3.8) is 0 Å². The molecule has 0 radical (unpaired) electrons. The third kappa shape index (κ3) is 3.92. The highest BCUT2D eigenvalue weighted by Crippen LogP contribution is 2.46. The molecular formula is C39H24N2OS. The Balaban J connectivity index is 1.29. The van der Waals surface area contributed by atoms with Gasteiger partial charge in [-0.1, -0.05) is 84.9 Å². The second kappa shape index (κ2) is 9.55. The molecule has 3 heterocycles. The van der Waals surface area contributed by atoms with E-state index < -0.39 is 0 Å². The summed E-state index contributed by atoms with van der Waals surface area (Å²) in [5, 5.41) is 5.89. The molecular weight excluding hydrogens is 545 g/mol. The Kier molecular flexibility index (Phi) is 5.37. The number of para-hydroxylation sites is 1. The second-order valence-electron chi connectivity index (χ2n) is 10.8. The Morgan fingerprint density at radius 3 is 2.09 bits per heavy atom. The molecule has 3 nitrogen and oxygen atoms in total. The molecule has 4 heteroatoms. The summed E-state index contributed by atoms with van der Waals surface area (Å²) >= 11 is 1.81. The standard InChI is InChI=1S/C39H24N2OS/c1-2-8-25(9-3-1)26-14-16-29(17-15-26)41(30-18-19-36-32(24-30)31-12-6-7-13-35(31)42-36)34-20-21-40-38-33-22-27-10-4-5-11-28(27)23-37(33)43-39(34)38/h1-24H. The summed E-state index contributed by atoms with van der Waals surface area (Å²) in [5.41, 5.74) is 8.47. The number of benzene rings is 6. The third-order valence-electron chi connectivity index (χ3n) is 8.29. The summed E-state index contributed by atoms with van der Waals surface area (Å²) in [6, 6.07) is 49.4. The fourth-order valence-electron chi connectivity index (χ4n) is 6.22. The number of nitrogens with zero attached hydrogens (tertiary/aromatic N) is 2. The maximum absolute atomic E-state index is 6.18. The van der Waals surface area contributed by atoms with Gasteiger partial charge in [0.15, 0.2) is 0 Å². The molecule has 43 heavy (non-hydrogen) atoms. The van der Waals surface area contributed by atoms with Crippen LogP contribution in [0.2, 0.25) is 0 Å². The molecule has 3 aromatic heterocycles. The van der Waals surface area contributed by atoms with E-state index in [1.807, 2.05) is 18.3 Å². The molecule has 0 amide bonds. The van der Waals surface area contributed by atoms with Crippen molar-refractivity contribution >= 4 is 81.4 Å². The van der Waals surface area contributed by atoms with E-state index in [0.717, 1.165) is 49.2 Å². The van der Waals surface area contributed by atoms with Gasteiger partial charge in [0.1, 0.15) is 11.2 Å². The highest BCUT2D eigenvalue weighted by Gasteiger charge is 2.20. The van der Waals surface area contributed by atoms with Crippen LogP contribution in [0.25, 0.3) is 64.1 Å². The van der Waals surface area contributed by atoms with Gasteiger partial charge in [0.05, 0.1) is 15.9 Å². The maximum Gasteiger partial charge on any atom is 0.135 e. The van der Waals surface area contributed by atoms with E-state index in [1.165, 1.54) is 32.0 Å². The zero-order valence-corrected chi connectivity index (χ0v) is 23.9. The van der Waals surface area contributed by atoms with Crippen LogP contribution in [0.3, 0.4) is 0 Å². The fraction of sp³-hybridized carbons (Fsp3) is 0. The minimum atomic E-state index is 0.887. The van der Waals surface area contributed by atoms with Crippen molar-refractivity contribution in [2.75, 3.05) is 4.90 Å². The molecule has 202 valence electrons. The van der Waals surface area contributed by atoms with Crippen molar-refractivity contribution in [2.45, 2.75) is 0 Å². The van der Waals surface area contributed by atoms with Crippen LogP contribution < -0.4 is 4.90 Å². The van der Waals surface area contributed by atoms with Crippen LogP contribution in [0.4, 0.5) is 17.1 Å². The minimum Gasteiger partial charge on any atom is -0.456 e. The molecule has 0 saturated heterocycles. The van der Waals surface area contributed by atoms with E-state index in [4.69, 9.17) is 9.40 Å². The van der Waals surface area contributed by atoms with Crippen LogP contribution >= 0.6 is 11.3 Å². The Bertz CT molecular complexity index is 2460. The van der Waals surface area contributed by atoms with E-state index >= 15 is 0 Å². The third-order valence-corrected chi connectivity index (χ3v) is 9.46. The smallest absolute Gasteiger partial charge is 0.135 e. The average molecular weight is 569 g/mol. The topological polar surface area (TPSA) is 29.3 Å². The first-order valence-corrected chi connectivity index (χ1v) is 15.2. The van der Waals surface area contributed by atoms with Crippen molar-refractivity contribution < 1.29 is 4.42 Å². The van der Waals surface area contributed by atoms with Gasteiger partial charge in [-0.2, -0.15) is 0 Å². The Labute approximate surface area is 251 Å². The molecule has 0 aliphatic carbocycles. The second-order valence-corrected chi connectivity index (χ2v) is 11.9. The highest BCUT2D eigenvalue weighted by molar-refractivity contribution is 7.26. The number of pyridine rings is 1. The zero-order chi connectivity index (χ0) is 28.3. The van der Waals surface area contributed by atoms with Crippen LogP contribution in [0, 0.1) is 0 Å². The molecule has 0 fully saturated rings. The monoisotopic (exact) mass is 568 g/mol. The maximum atomic E-state index is 6.18. The SMILES string of the molecule is c1ccc(-c2ccc(N(c3ccc4oc5ccccc5c4c3)c3ccnc4c3sc3cc5ccccc5cc34)cc2)cc1. The van der Waals surface area contributed by atoms with Crippen LogP contribution in [-0.4, -0.2) is 4.98 Å². The summed E-state index contributed by atoms with van der Waals surface area (Å²) in [5.74, 6) is 0. The van der Waals surface area contributed by atoms with Gasteiger partial charge >= 0.3 is 0 Å². The van der Waals surface area contributed by atoms with Crippen LogP contribution in [0.5, 0.6) is 0 Å². The number of rotatable bonds is 4. The molecule has 0 bridgehead atoms. The first-order valence-electron chi connectivity index (χ1n) is 14.4. The molecule has 0 saturated carbocycles. The number of aromatic nitrogens is 1. The van der Waals surface area contributed by atoms with Gasteiger partial charge in [-0.25, -0.2) is 0 Å². The van der Waals surface area contributed by atoms with Crippen molar-refractivity contribution in [1.82, 2.24) is 4.98 Å². The van der Waals surface area contributed by atoms with E-state index in [-0.39, 0.29) is 0 Å². The summed E-state index contributed by atoms with van der Waals surface area (Å²) in [6.07, 6.45) is 1.94. The molecule has 0 N–H and O–H groups in total. The molecule has 0 atom stereocenters.